The average Bonchev–Trinajstić information content (AvgIpc) is 2.98. The first-order chi connectivity index (χ1) is 13.6. The molecule has 3 aromatic rings. The predicted octanol–water partition coefficient (Wildman–Crippen LogP) is 5.77. The Balaban J connectivity index is 1.79. The Hall–Kier alpha value is -3.39. The molecule has 0 bridgehead atoms. The molecule has 4 rings (SSSR count). The van der Waals surface area contributed by atoms with Gasteiger partial charge >= 0.3 is 0 Å². The van der Waals surface area contributed by atoms with Crippen molar-refractivity contribution in [3.05, 3.63) is 118 Å². The van der Waals surface area contributed by atoms with E-state index in [4.69, 9.17) is 0 Å². The third kappa shape index (κ3) is 3.81. The van der Waals surface area contributed by atoms with E-state index in [0.29, 0.717) is 6.54 Å². The van der Waals surface area contributed by atoms with E-state index in [-0.39, 0.29) is 5.91 Å². The molecule has 0 atom stereocenters. The van der Waals surface area contributed by atoms with Gasteiger partial charge in [-0.05, 0) is 36.6 Å². The summed E-state index contributed by atoms with van der Waals surface area (Å²) in [6, 6.07) is 26.8. The number of amides is 1. The highest BCUT2D eigenvalue weighted by Gasteiger charge is 2.28. The van der Waals surface area contributed by atoms with Crippen LogP contribution in [0.4, 0.5) is 0 Å². The fraction of sp³-hybridized carbons (Fsp3) is 0.115. The number of hydrogen-bond acceptors (Lipinski definition) is 1. The van der Waals surface area contributed by atoms with Gasteiger partial charge in [-0.1, -0.05) is 90.0 Å². The second-order valence-corrected chi connectivity index (χ2v) is 7.28. The molecule has 0 saturated carbocycles. The van der Waals surface area contributed by atoms with E-state index < -0.39 is 0 Å². The Morgan fingerprint density at radius 1 is 0.821 bits per heavy atom. The van der Waals surface area contributed by atoms with Gasteiger partial charge in [0.05, 0.1) is 12.2 Å². The molecule has 0 aromatic heterocycles. The van der Waals surface area contributed by atoms with Crippen LogP contribution in [-0.4, -0.2) is 10.8 Å². The van der Waals surface area contributed by atoms with Gasteiger partial charge in [0.15, 0.2) is 0 Å². The number of nitrogens with zero attached hydrogens (tertiary/aromatic N) is 1. The van der Waals surface area contributed by atoms with Crippen molar-refractivity contribution in [2.45, 2.75) is 20.4 Å². The van der Waals surface area contributed by atoms with Crippen LogP contribution in [0.15, 0.2) is 90.6 Å². The van der Waals surface area contributed by atoms with Crippen molar-refractivity contribution in [2.24, 2.45) is 0 Å². The fourth-order valence-electron chi connectivity index (χ4n) is 3.59. The third-order valence-corrected chi connectivity index (χ3v) is 4.96. The Morgan fingerprint density at radius 2 is 1.54 bits per heavy atom. The molecule has 0 N–H and O–H groups in total. The summed E-state index contributed by atoms with van der Waals surface area (Å²) in [6.45, 7) is 4.72. The molecular weight excluding hydrogens is 342 g/mol. The molecule has 0 radical (unpaired) electrons. The smallest absolute Gasteiger partial charge is 0.252 e. The molecule has 3 aromatic carbocycles. The SMILES string of the molecule is Cc1cccc(/C=C2/C(c3cccc(C)c3)=CC(=O)N2Cc2ccccc2)c1. The first kappa shape index (κ1) is 18.0. The Morgan fingerprint density at radius 3 is 2.25 bits per heavy atom. The van der Waals surface area contributed by atoms with Crippen LogP contribution in [0.25, 0.3) is 11.6 Å². The number of rotatable bonds is 4. The lowest BCUT2D eigenvalue weighted by Crippen LogP contribution is -2.23. The van der Waals surface area contributed by atoms with Gasteiger partial charge in [0, 0.05) is 11.6 Å². The summed E-state index contributed by atoms with van der Waals surface area (Å²) < 4.78 is 0. The van der Waals surface area contributed by atoms with Gasteiger partial charge in [0.25, 0.3) is 5.91 Å². The van der Waals surface area contributed by atoms with E-state index in [1.807, 2.05) is 29.2 Å². The lowest BCUT2D eigenvalue weighted by Gasteiger charge is -2.21. The summed E-state index contributed by atoms with van der Waals surface area (Å²) in [5, 5.41) is 0. The molecule has 0 saturated heterocycles. The molecular formula is C26H23NO. The quantitative estimate of drug-likeness (QED) is 0.575. The lowest BCUT2D eigenvalue weighted by atomic mass is 10.00. The standard InChI is InChI=1S/C26H23NO/c1-19-8-6-12-22(14-19)16-25-24(23-13-7-9-20(2)15-23)17-26(28)27(25)18-21-10-4-3-5-11-21/h3-17H,18H2,1-2H3/b25-16-. The van der Waals surface area contributed by atoms with E-state index in [9.17, 15) is 4.79 Å². The van der Waals surface area contributed by atoms with Crippen molar-refractivity contribution in [1.29, 1.82) is 0 Å². The van der Waals surface area contributed by atoms with Gasteiger partial charge in [-0.2, -0.15) is 0 Å². The largest absolute Gasteiger partial charge is 0.304 e. The Kier molecular flexibility index (Phi) is 4.94. The summed E-state index contributed by atoms with van der Waals surface area (Å²) in [6.07, 6.45) is 3.88. The van der Waals surface area contributed by atoms with Gasteiger partial charge in [-0.25, -0.2) is 0 Å². The first-order valence-corrected chi connectivity index (χ1v) is 9.53. The number of allylic oxidation sites excluding steroid dienone is 1. The van der Waals surface area contributed by atoms with Crippen molar-refractivity contribution in [2.75, 3.05) is 0 Å². The zero-order valence-corrected chi connectivity index (χ0v) is 16.2. The van der Waals surface area contributed by atoms with Crippen molar-refractivity contribution in [3.63, 3.8) is 0 Å². The number of carbonyl (C=O) groups excluding carboxylic acids is 1. The van der Waals surface area contributed by atoms with Crippen LogP contribution in [0.3, 0.4) is 0 Å². The number of benzene rings is 3. The molecule has 0 unspecified atom stereocenters. The maximum absolute atomic E-state index is 12.9. The third-order valence-electron chi connectivity index (χ3n) is 4.96. The minimum absolute atomic E-state index is 0.0271. The zero-order valence-electron chi connectivity index (χ0n) is 16.2. The number of hydrogen-bond donors (Lipinski definition) is 0. The highest BCUT2D eigenvalue weighted by Crippen LogP contribution is 2.35. The predicted molar refractivity (Wildman–Crippen MR) is 115 cm³/mol. The molecule has 0 spiro atoms. The van der Waals surface area contributed by atoms with E-state index in [2.05, 4.69) is 74.5 Å². The molecule has 1 aliphatic rings. The highest BCUT2D eigenvalue weighted by atomic mass is 16.2. The Labute approximate surface area is 166 Å². The molecule has 2 nitrogen and oxygen atoms in total. The van der Waals surface area contributed by atoms with Crippen LogP contribution in [0, 0.1) is 13.8 Å². The molecule has 2 heteroatoms. The van der Waals surface area contributed by atoms with Gasteiger partial charge < -0.3 is 4.90 Å². The second-order valence-electron chi connectivity index (χ2n) is 7.28. The topological polar surface area (TPSA) is 20.3 Å². The highest BCUT2D eigenvalue weighted by molar-refractivity contribution is 6.08. The molecule has 1 heterocycles. The molecule has 28 heavy (non-hydrogen) atoms. The molecule has 1 aliphatic heterocycles. The van der Waals surface area contributed by atoms with E-state index >= 15 is 0 Å². The summed E-state index contributed by atoms with van der Waals surface area (Å²) in [5.41, 5.74) is 7.60. The summed E-state index contributed by atoms with van der Waals surface area (Å²) in [7, 11) is 0. The van der Waals surface area contributed by atoms with Crippen molar-refractivity contribution >= 4 is 17.6 Å². The van der Waals surface area contributed by atoms with E-state index in [1.165, 1.54) is 11.1 Å². The molecule has 138 valence electrons. The fourth-order valence-corrected chi connectivity index (χ4v) is 3.59. The normalized spacial score (nSPS) is 15.2. The van der Waals surface area contributed by atoms with Gasteiger partial charge in [-0.3, -0.25) is 4.79 Å². The average molecular weight is 365 g/mol. The Bertz CT molecular complexity index is 1080. The van der Waals surface area contributed by atoms with Crippen molar-refractivity contribution in [1.82, 2.24) is 4.90 Å². The number of carbonyl (C=O) groups is 1. The maximum Gasteiger partial charge on any atom is 0.252 e. The van der Waals surface area contributed by atoms with E-state index in [0.717, 1.165) is 28.0 Å². The van der Waals surface area contributed by atoms with Gasteiger partial charge in [-0.15, -0.1) is 0 Å². The first-order valence-electron chi connectivity index (χ1n) is 9.53. The molecule has 0 aliphatic carbocycles. The van der Waals surface area contributed by atoms with Crippen LogP contribution >= 0.6 is 0 Å². The van der Waals surface area contributed by atoms with Crippen molar-refractivity contribution in [3.8, 4) is 0 Å². The summed E-state index contributed by atoms with van der Waals surface area (Å²) >= 11 is 0. The van der Waals surface area contributed by atoms with Crippen LogP contribution < -0.4 is 0 Å². The lowest BCUT2D eigenvalue weighted by molar-refractivity contribution is -0.123. The molecule has 0 fully saturated rings. The van der Waals surface area contributed by atoms with Crippen LogP contribution in [-0.2, 0) is 11.3 Å². The monoisotopic (exact) mass is 365 g/mol. The minimum atomic E-state index is 0.0271. The molecule has 1 amide bonds. The number of aryl methyl sites for hydroxylation is 2. The maximum atomic E-state index is 12.9. The van der Waals surface area contributed by atoms with E-state index in [1.54, 1.807) is 6.08 Å². The van der Waals surface area contributed by atoms with Crippen molar-refractivity contribution < 1.29 is 4.79 Å². The van der Waals surface area contributed by atoms with Crippen LogP contribution in [0.1, 0.15) is 27.8 Å². The second kappa shape index (κ2) is 7.69. The minimum Gasteiger partial charge on any atom is -0.304 e. The van der Waals surface area contributed by atoms with Gasteiger partial charge in [0.2, 0.25) is 0 Å². The zero-order chi connectivity index (χ0) is 19.5. The van der Waals surface area contributed by atoms with Crippen LogP contribution in [0.5, 0.6) is 0 Å². The summed E-state index contributed by atoms with van der Waals surface area (Å²) in [4.78, 5) is 14.8. The van der Waals surface area contributed by atoms with Crippen LogP contribution in [0.2, 0.25) is 0 Å². The van der Waals surface area contributed by atoms with Gasteiger partial charge in [0.1, 0.15) is 0 Å². The summed E-state index contributed by atoms with van der Waals surface area (Å²) in [5.74, 6) is 0.0271.